The van der Waals surface area contributed by atoms with E-state index in [1.807, 2.05) is 6.92 Å². The Morgan fingerprint density at radius 2 is 2.00 bits per heavy atom. The number of aromatic nitrogens is 2. The SMILES string of the molecule is CCC=P(O)(C1CC1)N(C)P(N=O)(OP(=O)(N=O)OCC(CCl)(OC)[C@@H](O)[C@@H](O)n1ccc(N)nc1=O)=C1CCC1. The monoisotopic (exact) mass is 660 g/mol. The largest absolute Gasteiger partial charge is 0.495 e. The van der Waals surface area contributed by atoms with Gasteiger partial charge < -0.3 is 25.6 Å². The maximum absolute atomic E-state index is 13.7. The first kappa shape index (κ1) is 34.2. The van der Waals surface area contributed by atoms with Crippen LogP contribution in [0.4, 0.5) is 5.82 Å². The Morgan fingerprint density at radius 3 is 2.44 bits per heavy atom. The molecule has 20 heteroatoms. The maximum atomic E-state index is 13.7. The number of nitrogens with zero attached hydrogens (tertiary/aromatic N) is 5. The van der Waals surface area contributed by atoms with Gasteiger partial charge in [0, 0.05) is 31.0 Å². The highest BCUT2D eigenvalue weighted by atomic mass is 35.5. The molecule has 2 aliphatic rings. The van der Waals surface area contributed by atoms with E-state index < -0.39 is 58.5 Å². The molecule has 0 radical (unpaired) electrons. The van der Waals surface area contributed by atoms with Gasteiger partial charge in [0.1, 0.15) is 17.5 Å². The van der Waals surface area contributed by atoms with Crippen molar-refractivity contribution in [3.8, 4) is 0 Å². The number of anilines is 1. The lowest BCUT2D eigenvalue weighted by molar-refractivity contribution is -0.167. The second kappa shape index (κ2) is 13.6. The lowest BCUT2D eigenvalue weighted by Crippen LogP contribution is -2.54. The van der Waals surface area contributed by atoms with Crippen LogP contribution in [-0.2, 0) is 18.1 Å². The maximum Gasteiger partial charge on any atom is 0.495 e. The second-order valence-electron chi connectivity index (χ2n) is 9.77. The molecule has 4 unspecified atom stereocenters. The Hall–Kier alpha value is -1.28. The molecule has 2 fully saturated rings. The Labute approximate surface area is 241 Å². The summed E-state index contributed by atoms with van der Waals surface area (Å²) in [7, 11) is -9.54. The van der Waals surface area contributed by atoms with E-state index in [4.69, 9.17) is 30.9 Å². The molecular formula is C21H36ClN6O10P3. The minimum Gasteiger partial charge on any atom is -0.385 e. The molecule has 5 N–H and O–H groups in total. The van der Waals surface area contributed by atoms with Crippen LogP contribution in [0.5, 0.6) is 0 Å². The van der Waals surface area contributed by atoms with E-state index in [2.05, 4.69) is 14.9 Å². The van der Waals surface area contributed by atoms with Crippen LogP contribution in [0.25, 0.3) is 0 Å². The van der Waals surface area contributed by atoms with Crippen LogP contribution < -0.4 is 11.4 Å². The Bertz CT molecular complexity index is 1350. The lowest BCUT2D eigenvalue weighted by atomic mass is 9.98. The lowest BCUT2D eigenvalue weighted by Gasteiger charge is -2.41. The van der Waals surface area contributed by atoms with Gasteiger partial charge in [0.15, 0.2) is 6.23 Å². The predicted octanol–water partition coefficient (Wildman–Crippen LogP) is 3.24. The van der Waals surface area contributed by atoms with Gasteiger partial charge in [-0.2, -0.15) is 4.98 Å². The normalized spacial score (nSPS) is 22.8. The van der Waals surface area contributed by atoms with Crippen LogP contribution in [0.3, 0.4) is 0 Å². The molecule has 16 nitrogen and oxygen atoms in total. The van der Waals surface area contributed by atoms with Crippen molar-refractivity contribution in [1.82, 2.24) is 14.0 Å². The smallest absolute Gasteiger partial charge is 0.385 e. The van der Waals surface area contributed by atoms with Crippen LogP contribution in [0.2, 0.25) is 0 Å². The van der Waals surface area contributed by atoms with Crippen LogP contribution >= 0.6 is 34.0 Å². The van der Waals surface area contributed by atoms with Crippen LogP contribution in [0, 0.1) is 9.81 Å². The minimum atomic E-state index is -5.08. The van der Waals surface area contributed by atoms with Gasteiger partial charge in [0.25, 0.3) is 0 Å². The summed E-state index contributed by atoms with van der Waals surface area (Å²) in [6, 6.07) is 1.20. The molecule has 2 saturated carbocycles. The summed E-state index contributed by atoms with van der Waals surface area (Å²) in [5, 5.41) is 22.2. The molecular weight excluding hydrogens is 625 g/mol. The first-order chi connectivity index (χ1) is 19.3. The number of rotatable bonds is 16. The predicted molar refractivity (Wildman–Crippen MR) is 159 cm³/mol. The molecule has 0 bridgehead atoms. The molecule has 0 saturated heterocycles. The average Bonchev–Trinajstić information content (AvgIpc) is 3.78. The third-order valence-electron chi connectivity index (χ3n) is 7.22. The number of nitroso groups, excluding NO2 is 2. The summed E-state index contributed by atoms with van der Waals surface area (Å²) in [6.07, 6.45) is 0.499. The van der Waals surface area contributed by atoms with Crippen molar-refractivity contribution in [2.24, 2.45) is 9.89 Å². The number of aliphatic hydroxyl groups is 2. The number of alkyl halides is 1. The van der Waals surface area contributed by atoms with E-state index in [-0.39, 0.29) is 11.5 Å². The van der Waals surface area contributed by atoms with Gasteiger partial charge in [0.2, 0.25) is 7.41 Å². The standard InChI is InChI=1S/C21H36ClN6O10P3/c1-4-12-39(34,15-8-9-15)27(2)40(25-32,16-6-5-7-16)38-41(35,26-33)37-14-21(13-22,36-3)18(29)19(30)28-11-10-17(23)24-20(28)31/h10-12,15,18-19,29-30,34H,4-9,13-14H2,1-3H3,(H2,23,24,31)/t18-,19+,21?,39?,40?,41?/m0/s1. The fraction of sp³-hybridized carbons (Fsp3) is 0.714. The van der Waals surface area contributed by atoms with Gasteiger partial charge in [-0.05, 0) is 60.6 Å². The molecule has 2 aliphatic carbocycles. The number of hydrogen-bond donors (Lipinski definition) is 4. The van der Waals surface area contributed by atoms with Crippen molar-refractivity contribution in [2.75, 3.05) is 32.4 Å². The molecule has 1 aromatic rings. The highest BCUT2D eigenvalue weighted by Gasteiger charge is 2.52. The molecule has 3 rings (SSSR count). The molecule has 0 spiro atoms. The summed E-state index contributed by atoms with van der Waals surface area (Å²) < 4.78 is 32.0. The van der Waals surface area contributed by atoms with E-state index in [0.29, 0.717) is 35.5 Å². The number of hydrogen-bond acceptors (Lipinski definition) is 14. The van der Waals surface area contributed by atoms with Gasteiger partial charge in [-0.25, -0.2) is 18.1 Å². The highest BCUT2D eigenvalue weighted by molar-refractivity contribution is 7.85. The van der Waals surface area contributed by atoms with Gasteiger partial charge >= 0.3 is 13.4 Å². The first-order valence-electron chi connectivity index (χ1n) is 12.7. The third-order valence-corrected chi connectivity index (χ3v) is 17.4. The summed E-state index contributed by atoms with van der Waals surface area (Å²) in [5.74, 6) is 0.988. The molecule has 41 heavy (non-hydrogen) atoms. The fourth-order valence-electron chi connectivity index (χ4n) is 4.37. The number of aliphatic hydroxyl groups excluding tert-OH is 2. The number of halogens is 1. The highest BCUT2D eigenvalue weighted by Crippen LogP contribution is 2.78. The van der Waals surface area contributed by atoms with Gasteiger partial charge in [-0.3, -0.25) is 9.09 Å². The van der Waals surface area contributed by atoms with Crippen molar-refractivity contribution in [3.05, 3.63) is 32.6 Å². The van der Waals surface area contributed by atoms with E-state index >= 15 is 0 Å². The van der Waals surface area contributed by atoms with Crippen molar-refractivity contribution in [2.45, 2.75) is 69.0 Å². The summed E-state index contributed by atoms with van der Waals surface area (Å²) in [4.78, 5) is 57.7. The van der Waals surface area contributed by atoms with Crippen LogP contribution in [0.1, 0.15) is 51.7 Å². The molecule has 6 atom stereocenters. The molecule has 1 aromatic heterocycles. The van der Waals surface area contributed by atoms with Crippen molar-refractivity contribution in [1.29, 1.82) is 0 Å². The van der Waals surface area contributed by atoms with E-state index in [0.717, 1.165) is 26.1 Å². The van der Waals surface area contributed by atoms with Gasteiger partial charge in [0.05, 0.1) is 19.8 Å². The Balaban J connectivity index is 1.96. The third kappa shape index (κ3) is 6.78. The van der Waals surface area contributed by atoms with Crippen LogP contribution in [0.15, 0.2) is 27.0 Å². The number of ether oxygens (including phenoxy) is 1. The van der Waals surface area contributed by atoms with Crippen molar-refractivity contribution in [3.63, 3.8) is 0 Å². The zero-order chi connectivity index (χ0) is 30.6. The Morgan fingerprint density at radius 1 is 1.34 bits per heavy atom. The van der Waals surface area contributed by atoms with Crippen molar-refractivity contribution >= 4 is 50.9 Å². The van der Waals surface area contributed by atoms with Gasteiger partial charge in [-0.15, -0.1) is 21.4 Å². The first-order valence-corrected chi connectivity index (χ1v) is 18.2. The topological polar surface area (TPSA) is 228 Å². The molecule has 1 heterocycles. The minimum absolute atomic E-state index is 0.123. The molecule has 0 aliphatic heterocycles. The Kier molecular flexibility index (Phi) is 11.3. The molecule has 0 amide bonds. The molecule has 232 valence electrons. The number of nitrogens with two attached hydrogens (primary N) is 1. The zero-order valence-electron chi connectivity index (χ0n) is 22.9. The number of nitrogen functional groups attached to an aromatic ring is 1. The second-order valence-corrected chi connectivity index (χ2v) is 17.9. The van der Waals surface area contributed by atoms with Crippen molar-refractivity contribution < 1.29 is 33.2 Å². The quantitative estimate of drug-likeness (QED) is 0.113. The fourth-order valence-corrected chi connectivity index (χ4v) is 14.6. The summed E-state index contributed by atoms with van der Waals surface area (Å²) in [6.45, 7) is 0.894. The van der Waals surface area contributed by atoms with E-state index in [1.165, 1.54) is 17.6 Å². The van der Waals surface area contributed by atoms with Gasteiger partial charge in [-0.1, -0.05) is 6.92 Å². The summed E-state index contributed by atoms with van der Waals surface area (Å²) in [5.41, 5.74) is 2.27. The summed E-state index contributed by atoms with van der Waals surface area (Å²) >= 11 is 6.07. The van der Waals surface area contributed by atoms with E-state index in [9.17, 15) is 34.3 Å². The zero-order valence-corrected chi connectivity index (χ0v) is 26.3. The molecule has 0 aromatic carbocycles. The van der Waals surface area contributed by atoms with Crippen LogP contribution in [-0.4, -0.2) is 84.2 Å². The van der Waals surface area contributed by atoms with E-state index in [1.54, 1.807) is 5.80 Å². The number of methoxy groups -OCH3 is 1. The average molecular weight is 661 g/mol.